The van der Waals surface area contributed by atoms with Crippen molar-refractivity contribution in [1.82, 2.24) is 5.32 Å². The average molecular weight is 254 g/mol. The molecule has 1 heterocycles. The minimum absolute atomic E-state index is 0.343. The van der Waals surface area contributed by atoms with E-state index in [4.69, 9.17) is 15.1 Å². The molecule has 2 N–H and O–H groups in total. The lowest BCUT2D eigenvalue weighted by molar-refractivity contribution is -0.143. The molecule has 18 heavy (non-hydrogen) atoms. The Morgan fingerprint density at radius 3 is 2.83 bits per heavy atom. The van der Waals surface area contributed by atoms with Crippen LogP contribution >= 0.6 is 0 Å². The van der Waals surface area contributed by atoms with Gasteiger partial charge < -0.3 is 15.2 Å². The van der Waals surface area contributed by atoms with Gasteiger partial charge in [-0.05, 0) is 32.1 Å². The van der Waals surface area contributed by atoms with E-state index in [1.165, 1.54) is 0 Å². The van der Waals surface area contributed by atoms with Gasteiger partial charge in [0.05, 0.1) is 6.07 Å². The van der Waals surface area contributed by atoms with E-state index in [1.54, 1.807) is 0 Å². The van der Waals surface area contributed by atoms with Crippen molar-refractivity contribution in [3.63, 3.8) is 0 Å². The third kappa shape index (κ3) is 4.72. The quantitative estimate of drug-likeness (QED) is 0.655. The Balaban J connectivity index is 2.34. The first kappa shape index (κ1) is 14.5. The molecule has 2 atom stereocenters. The van der Waals surface area contributed by atoms with E-state index in [9.17, 15) is 9.59 Å². The van der Waals surface area contributed by atoms with Crippen molar-refractivity contribution in [3.8, 4) is 6.07 Å². The number of carbonyl (C=O) groups is 2. The number of nitriles is 1. The first-order valence-electron chi connectivity index (χ1n) is 6.17. The van der Waals surface area contributed by atoms with Crippen molar-refractivity contribution < 1.29 is 19.4 Å². The standard InChI is InChI=1S/C12H18N2O4/c13-7-3-1-2-5-9(12(16)17)14-11(15)10-6-4-8-18-10/h9-10H,1-6,8H2,(H,14,15)(H,16,17)/t9-,10+/m1/s1. The molecule has 100 valence electrons. The molecule has 1 amide bonds. The van der Waals surface area contributed by atoms with Gasteiger partial charge in [-0.15, -0.1) is 0 Å². The van der Waals surface area contributed by atoms with Crippen LogP contribution in [0.2, 0.25) is 0 Å². The predicted molar refractivity (Wildman–Crippen MR) is 62.6 cm³/mol. The number of hydrogen-bond acceptors (Lipinski definition) is 4. The maximum Gasteiger partial charge on any atom is 0.326 e. The molecule has 0 bridgehead atoms. The largest absolute Gasteiger partial charge is 0.480 e. The summed E-state index contributed by atoms with van der Waals surface area (Å²) in [5.74, 6) is -1.39. The number of carboxylic acids is 1. The predicted octanol–water partition coefficient (Wildman–Crippen LogP) is 0.819. The maximum absolute atomic E-state index is 11.7. The molecule has 1 saturated heterocycles. The number of aliphatic carboxylic acids is 1. The Hall–Kier alpha value is -1.61. The van der Waals surface area contributed by atoms with E-state index in [0.29, 0.717) is 38.7 Å². The molecular weight excluding hydrogens is 236 g/mol. The summed E-state index contributed by atoms with van der Waals surface area (Å²) < 4.78 is 5.19. The van der Waals surface area contributed by atoms with E-state index in [2.05, 4.69) is 5.32 Å². The highest BCUT2D eigenvalue weighted by Gasteiger charge is 2.27. The monoisotopic (exact) mass is 254 g/mol. The second-order valence-corrected chi connectivity index (χ2v) is 4.30. The van der Waals surface area contributed by atoms with Crippen molar-refractivity contribution in [3.05, 3.63) is 0 Å². The number of ether oxygens (including phenoxy) is 1. The van der Waals surface area contributed by atoms with Gasteiger partial charge in [0.15, 0.2) is 0 Å². The van der Waals surface area contributed by atoms with Gasteiger partial charge in [0.2, 0.25) is 5.91 Å². The minimum atomic E-state index is -1.04. The molecule has 1 aliphatic heterocycles. The van der Waals surface area contributed by atoms with Crippen LogP contribution in [0.1, 0.15) is 38.5 Å². The van der Waals surface area contributed by atoms with Crippen molar-refractivity contribution >= 4 is 11.9 Å². The molecule has 6 heteroatoms. The first-order chi connectivity index (χ1) is 8.65. The van der Waals surface area contributed by atoms with Gasteiger partial charge in [0.25, 0.3) is 0 Å². The summed E-state index contributed by atoms with van der Waals surface area (Å²) in [4.78, 5) is 22.7. The number of nitrogens with one attached hydrogen (secondary N) is 1. The highest BCUT2D eigenvalue weighted by Crippen LogP contribution is 2.13. The van der Waals surface area contributed by atoms with Crippen molar-refractivity contribution in [2.75, 3.05) is 6.61 Å². The SMILES string of the molecule is N#CCCCC[C@@H](NC(=O)[C@@H]1CCCO1)C(=O)O. The van der Waals surface area contributed by atoms with E-state index >= 15 is 0 Å². The normalized spacial score (nSPS) is 20.1. The number of rotatable bonds is 7. The minimum Gasteiger partial charge on any atom is -0.480 e. The summed E-state index contributed by atoms with van der Waals surface area (Å²) >= 11 is 0. The molecule has 0 unspecified atom stereocenters. The fourth-order valence-corrected chi connectivity index (χ4v) is 1.86. The molecule has 0 aliphatic carbocycles. The average Bonchev–Trinajstić information content (AvgIpc) is 2.86. The summed E-state index contributed by atoms with van der Waals surface area (Å²) in [5, 5.41) is 19.9. The highest BCUT2D eigenvalue weighted by atomic mass is 16.5. The summed E-state index contributed by atoms with van der Waals surface area (Å²) in [6.45, 7) is 0.554. The van der Waals surface area contributed by atoms with Crippen LogP contribution in [0.5, 0.6) is 0 Å². The molecule has 1 fully saturated rings. The van der Waals surface area contributed by atoms with Crippen LogP contribution in [0.15, 0.2) is 0 Å². The Morgan fingerprint density at radius 1 is 1.50 bits per heavy atom. The van der Waals surface area contributed by atoms with Gasteiger partial charge in [0.1, 0.15) is 12.1 Å². The number of nitrogens with zero attached hydrogens (tertiary/aromatic N) is 1. The Kier molecular flexibility index (Phi) is 6.15. The number of amides is 1. The molecule has 0 saturated carbocycles. The Bertz CT molecular complexity index is 331. The zero-order valence-corrected chi connectivity index (χ0v) is 10.2. The highest BCUT2D eigenvalue weighted by molar-refractivity contribution is 5.86. The second-order valence-electron chi connectivity index (χ2n) is 4.30. The smallest absolute Gasteiger partial charge is 0.326 e. The summed E-state index contributed by atoms with van der Waals surface area (Å²) in [5.41, 5.74) is 0. The van der Waals surface area contributed by atoms with Crippen LogP contribution in [0.25, 0.3) is 0 Å². The van der Waals surface area contributed by atoms with Gasteiger partial charge in [-0.3, -0.25) is 4.79 Å². The lowest BCUT2D eigenvalue weighted by Crippen LogP contribution is -2.45. The lowest BCUT2D eigenvalue weighted by atomic mass is 10.1. The second kappa shape index (κ2) is 7.67. The molecule has 0 spiro atoms. The van der Waals surface area contributed by atoms with Gasteiger partial charge in [-0.1, -0.05) is 0 Å². The third-order valence-corrected chi connectivity index (χ3v) is 2.87. The Morgan fingerprint density at radius 2 is 2.28 bits per heavy atom. The number of carboxylic acid groups (broad SMARTS) is 1. The summed E-state index contributed by atoms with van der Waals surface area (Å²) in [7, 11) is 0. The molecule has 1 aliphatic rings. The van der Waals surface area contributed by atoms with E-state index in [1.807, 2.05) is 6.07 Å². The van der Waals surface area contributed by atoms with Gasteiger partial charge in [0, 0.05) is 13.0 Å². The number of carbonyl (C=O) groups excluding carboxylic acids is 1. The zero-order chi connectivity index (χ0) is 13.4. The van der Waals surface area contributed by atoms with E-state index in [-0.39, 0.29) is 5.91 Å². The van der Waals surface area contributed by atoms with Crippen LogP contribution in [0, 0.1) is 11.3 Å². The van der Waals surface area contributed by atoms with Gasteiger partial charge >= 0.3 is 5.97 Å². The zero-order valence-electron chi connectivity index (χ0n) is 10.2. The first-order valence-corrected chi connectivity index (χ1v) is 6.17. The molecule has 0 aromatic carbocycles. The van der Waals surface area contributed by atoms with Gasteiger partial charge in [-0.2, -0.15) is 5.26 Å². The summed E-state index contributed by atoms with van der Waals surface area (Å²) in [6, 6.07) is 1.11. The van der Waals surface area contributed by atoms with Crippen molar-refractivity contribution in [2.24, 2.45) is 0 Å². The fraction of sp³-hybridized carbons (Fsp3) is 0.750. The molecule has 0 aromatic heterocycles. The maximum atomic E-state index is 11.7. The molecule has 0 aromatic rings. The topological polar surface area (TPSA) is 99.4 Å². The fourth-order valence-electron chi connectivity index (χ4n) is 1.86. The molecule has 6 nitrogen and oxygen atoms in total. The van der Waals surface area contributed by atoms with Crippen LogP contribution in [-0.4, -0.2) is 35.7 Å². The van der Waals surface area contributed by atoms with Gasteiger partial charge in [-0.25, -0.2) is 4.79 Å². The van der Waals surface area contributed by atoms with Crippen LogP contribution in [0.3, 0.4) is 0 Å². The summed E-state index contributed by atoms with van der Waals surface area (Å²) in [6.07, 6.45) is 2.98. The number of unbranched alkanes of at least 4 members (excludes halogenated alkanes) is 2. The lowest BCUT2D eigenvalue weighted by Gasteiger charge is -2.16. The Labute approximate surface area is 106 Å². The van der Waals surface area contributed by atoms with Crippen LogP contribution in [-0.2, 0) is 14.3 Å². The van der Waals surface area contributed by atoms with E-state index in [0.717, 1.165) is 6.42 Å². The third-order valence-electron chi connectivity index (χ3n) is 2.87. The molecular formula is C12H18N2O4. The van der Waals surface area contributed by atoms with Crippen LogP contribution in [0.4, 0.5) is 0 Å². The van der Waals surface area contributed by atoms with Crippen molar-refractivity contribution in [2.45, 2.75) is 50.7 Å². The van der Waals surface area contributed by atoms with Crippen LogP contribution < -0.4 is 5.32 Å². The molecule has 0 radical (unpaired) electrons. The number of hydrogen-bond donors (Lipinski definition) is 2. The molecule has 1 rings (SSSR count). The van der Waals surface area contributed by atoms with E-state index < -0.39 is 18.1 Å². The van der Waals surface area contributed by atoms with Crippen molar-refractivity contribution in [1.29, 1.82) is 5.26 Å².